The van der Waals surface area contributed by atoms with Crippen molar-refractivity contribution in [2.24, 2.45) is 0 Å². The van der Waals surface area contributed by atoms with Gasteiger partial charge in [-0.05, 0) is 60.2 Å². The predicted molar refractivity (Wildman–Crippen MR) is 115 cm³/mol. The van der Waals surface area contributed by atoms with Gasteiger partial charge in [-0.3, -0.25) is 4.79 Å². The van der Waals surface area contributed by atoms with Gasteiger partial charge in [-0.15, -0.1) is 0 Å². The minimum atomic E-state index is -0.308. The maximum absolute atomic E-state index is 13.2. The fourth-order valence-corrected chi connectivity index (χ4v) is 3.27. The molecule has 0 fully saturated rings. The van der Waals surface area contributed by atoms with E-state index in [2.05, 4.69) is 21.2 Å². The summed E-state index contributed by atoms with van der Waals surface area (Å²) in [6, 6.07) is 18.7. The molecule has 0 aliphatic heterocycles. The number of methoxy groups -OCH3 is 2. The lowest BCUT2D eigenvalue weighted by atomic mass is 9.97. The Balaban J connectivity index is 1.86. The quantitative estimate of drug-likeness (QED) is 0.419. The van der Waals surface area contributed by atoms with Crippen LogP contribution in [-0.4, -0.2) is 20.0 Å². The van der Waals surface area contributed by atoms with E-state index < -0.39 is 0 Å². The van der Waals surface area contributed by atoms with Crippen LogP contribution in [0, 0.1) is 5.82 Å². The molecule has 0 saturated heterocycles. The molecule has 0 spiro atoms. The molecule has 1 atom stereocenters. The highest BCUT2D eigenvalue weighted by Crippen LogP contribution is 2.30. The van der Waals surface area contributed by atoms with E-state index >= 15 is 0 Å². The summed E-state index contributed by atoms with van der Waals surface area (Å²) < 4.78 is 24.7. The van der Waals surface area contributed by atoms with Crippen molar-refractivity contribution in [1.82, 2.24) is 0 Å². The van der Waals surface area contributed by atoms with E-state index in [-0.39, 0.29) is 24.1 Å². The lowest BCUT2D eigenvalue weighted by Crippen LogP contribution is -2.16. The monoisotopic (exact) mass is 457 g/mol. The summed E-state index contributed by atoms with van der Waals surface area (Å²) in [5, 5.41) is 3.34. The van der Waals surface area contributed by atoms with E-state index in [0.717, 1.165) is 15.7 Å². The van der Waals surface area contributed by atoms with Crippen LogP contribution in [0.4, 0.5) is 10.1 Å². The Labute approximate surface area is 177 Å². The van der Waals surface area contributed by atoms with Crippen molar-refractivity contribution in [1.29, 1.82) is 0 Å². The van der Waals surface area contributed by atoms with Crippen LogP contribution in [0.5, 0.6) is 11.5 Å². The van der Waals surface area contributed by atoms with Gasteiger partial charge < -0.3 is 14.8 Å². The average molecular weight is 458 g/mol. The Morgan fingerprint density at radius 3 is 2.24 bits per heavy atom. The van der Waals surface area contributed by atoms with Crippen LogP contribution in [0.25, 0.3) is 0 Å². The van der Waals surface area contributed by atoms with Crippen molar-refractivity contribution in [2.75, 3.05) is 19.5 Å². The van der Waals surface area contributed by atoms with Crippen molar-refractivity contribution in [2.45, 2.75) is 12.5 Å². The Bertz CT molecular complexity index is 974. The van der Waals surface area contributed by atoms with Crippen LogP contribution in [0.3, 0.4) is 0 Å². The molecule has 0 saturated carbocycles. The summed E-state index contributed by atoms with van der Waals surface area (Å²) in [7, 11) is 3.09. The van der Waals surface area contributed by atoms with Gasteiger partial charge in [0, 0.05) is 22.1 Å². The second-order valence-corrected chi connectivity index (χ2v) is 7.37. The summed E-state index contributed by atoms with van der Waals surface area (Å²) in [6.45, 7) is 0. The normalized spacial score (nSPS) is 11.6. The Kier molecular flexibility index (Phi) is 6.88. The molecule has 0 aromatic heterocycles. The molecule has 4 nitrogen and oxygen atoms in total. The zero-order valence-corrected chi connectivity index (χ0v) is 17.7. The molecule has 6 heteroatoms. The maximum Gasteiger partial charge on any atom is 0.165 e. The number of benzene rings is 3. The van der Waals surface area contributed by atoms with E-state index in [1.165, 1.54) is 19.2 Å². The zero-order valence-electron chi connectivity index (χ0n) is 16.1. The average Bonchev–Trinajstić information content (AvgIpc) is 2.74. The van der Waals surface area contributed by atoms with Gasteiger partial charge in [0.25, 0.3) is 0 Å². The van der Waals surface area contributed by atoms with Crippen molar-refractivity contribution in [3.05, 3.63) is 88.1 Å². The number of ketones is 1. The SMILES string of the molecule is COc1ccc(C(=O)CC(Nc2ccc(F)cc2)c2ccc(Br)cc2)cc1OC. The van der Waals surface area contributed by atoms with Gasteiger partial charge in [-0.2, -0.15) is 0 Å². The third-order valence-electron chi connectivity index (χ3n) is 4.55. The number of anilines is 1. The molecule has 0 radical (unpaired) electrons. The van der Waals surface area contributed by atoms with E-state index in [9.17, 15) is 9.18 Å². The van der Waals surface area contributed by atoms with Gasteiger partial charge >= 0.3 is 0 Å². The number of halogens is 2. The van der Waals surface area contributed by atoms with Crippen LogP contribution in [0.2, 0.25) is 0 Å². The first-order chi connectivity index (χ1) is 14.0. The minimum absolute atomic E-state index is 0.0477. The van der Waals surface area contributed by atoms with Gasteiger partial charge in [0.15, 0.2) is 17.3 Å². The molecule has 0 heterocycles. The first-order valence-electron chi connectivity index (χ1n) is 9.03. The number of hydrogen-bond acceptors (Lipinski definition) is 4. The smallest absolute Gasteiger partial charge is 0.165 e. The molecule has 1 unspecified atom stereocenters. The summed E-state index contributed by atoms with van der Waals surface area (Å²) >= 11 is 3.43. The van der Waals surface area contributed by atoms with Gasteiger partial charge in [0.1, 0.15) is 5.82 Å². The van der Waals surface area contributed by atoms with E-state index in [0.29, 0.717) is 17.1 Å². The molecule has 3 aromatic carbocycles. The van der Waals surface area contributed by atoms with Crippen LogP contribution in [-0.2, 0) is 0 Å². The second kappa shape index (κ2) is 9.56. The highest BCUT2D eigenvalue weighted by atomic mass is 79.9. The van der Waals surface area contributed by atoms with Crippen LogP contribution < -0.4 is 14.8 Å². The van der Waals surface area contributed by atoms with E-state index in [1.54, 1.807) is 37.4 Å². The fourth-order valence-electron chi connectivity index (χ4n) is 3.01. The summed E-state index contributed by atoms with van der Waals surface area (Å²) in [5.41, 5.74) is 2.22. The molecule has 1 N–H and O–H groups in total. The first-order valence-corrected chi connectivity index (χ1v) is 9.82. The van der Waals surface area contributed by atoms with Gasteiger partial charge in [-0.1, -0.05) is 28.1 Å². The molecule has 0 amide bonds. The summed E-state index contributed by atoms with van der Waals surface area (Å²) in [6.07, 6.45) is 0.217. The minimum Gasteiger partial charge on any atom is -0.493 e. The molecule has 0 aliphatic carbocycles. The molecular formula is C23H21BrFNO3. The summed E-state index contributed by atoms with van der Waals surface area (Å²) in [4.78, 5) is 13.0. The fraction of sp³-hybridized carbons (Fsp3) is 0.174. The molecule has 0 aliphatic rings. The van der Waals surface area contributed by atoms with Gasteiger partial charge in [0.2, 0.25) is 0 Å². The Hall–Kier alpha value is -2.86. The number of Topliss-reactive ketones (excluding diaryl/α,β-unsaturated/α-hetero) is 1. The van der Waals surface area contributed by atoms with Crippen molar-refractivity contribution < 1.29 is 18.7 Å². The van der Waals surface area contributed by atoms with Crippen molar-refractivity contribution in [3.63, 3.8) is 0 Å². The van der Waals surface area contributed by atoms with E-state index in [1.807, 2.05) is 24.3 Å². The number of carbonyl (C=O) groups excluding carboxylic acids is 1. The first kappa shape index (κ1) is 20.9. The molecular weight excluding hydrogens is 437 g/mol. The lowest BCUT2D eigenvalue weighted by Gasteiger charge is -2.20. The third kappa shape index (κ3) is 5.35. The van der Waals surface area contributed by atoms with Crippen LogP contribution >= 0.6 is 15.9 Å². The third-order valence-corrected chi connectivity index (χ3v) is 5.08. The number of carbonyl (C=O) groups is 1. The number of hydrogen-bond donors (Lipinski definition) is 1. The van der Waals surface area contributed by atoms with Crippen molar-refractivity contribution in [3.8, 4) is 11.5 Å². The Morgan fingerprint density at radius 2 is 1.62 bits per heavy atom. The highest BCUT2D eigenvalue weighted by Gasteiger charge is 2.19. The molecule has 150 valence electrons. The zero-order chi connectivity index (χ0) is 20.8. The molecule has 0 bridgehead atoms. The maximum atomic E-state index is 13.2. The topological polar surface area (TPSA) is 47.6 Å². The number of rotatable bonds is 8. The predicted octanol–water partition coefficient (Wildman–Crippen LogP) is 6.03. The van der Waals surface area contributed by atoms with Crippen LogP contribution in [0.15, 0.2) is 71.2 Å². The van der Waals surface area contributed by atoms with Gasteiger partial charge in [-0.25, -0.2) is 4.39 Å². The van der Waals surface area contributed by atoms with Crippen LogP contribution in [0.1, 0.15) is 28.4 Å². The van der Waals surface area contributed by atoms with E-state index in [4.69, 9.17) is 9.47 Å². The highest BCUT2D eigenvalue weighted by molar-refractivity contribution is 9.10. The lowest BCUT2D eigenvalue weighted by molar-refractivity contribution is 0.0976. The van der Waals surface area contributed by atoms with Crippen molar-refractivity contribution >= 4 is 27.4 Å². The standard InChI is InChI=1S/C23H21BrFNO3/c1-28-22-12-5-16(13-23(22)29-2)21(27)14-20(15-3-6-17(24)7-4-15)26-19-10-8-18(25)9-11-19/h3-13,20,26H,14H2,1-2H3. The second-order valence-electron chi connectivity index (χ2n) is 6.45. The largest absolute Gasteiger partial charge is 0.493 e. The Morgan fingerprint density at radius 1 is 0.966 bits per heavy atom. The number of ether oxygens (including phenoxy) is 2. The number of nitrogens with one attached hydrogen (secondary N) is 1. The molecule has 3 aromatic rings. The summed E-state index contributed by atoms with van der Waals surface area (Å²) in [5.74, 6) is 0.716. The van der Waals surface area contributed by atoms with Gasteiger partial charge in [0.05, 0.1) is 20.3 Å². The molecule has 29 heavy (non-hydrogen) atoms. The molecule has 3 rings (SSSR count).